The van der Waals surface area contributed by atoms with Gasteiger partial charge in [-0.05, 0) is 112 Å². The molecular weight excluding hydrogens is 677 g/mol. The van der Waals surface area contributed by atoms with Crippen LogP contribution in [0.3, 0.4) is 0 Å². The van der Waals surface area contributed by atoms with Gasteiger partial charge in [0.15, 0.2) is 0 Å². The highest BCUT2D eigenvalue weighted by atomic mass is 15.0. The first kappa shape index (κ1) is 32.3. The third kappa shape index (κ3) is 5.41. The van der Waals surface area contributed by atoms with E-state index in [4.69, 9.17) is 0 Å². The van der Waals surface area contributed by atoms with E-state index in [1.54, 1.807) is 0 Å². The number of aromatic nitrogens is 2. The maximum atomic E-state index is 2.48. The van der Waals surface area contributed by atoms with Crippen LogP contribution in [0.1, 0.15) is 22.7 Å². The van der Waals surface area contributed by atoms with Gasteiger partial charge < -0.3 is 9.13 Å². The molecule has 0 saturated heterocycles. The lowest BCUT2D eigenvalue weighted by Crippen LogP contribution is -2.07. The van der Waals surface area contributed by atoms with Crippen molar-refractivity contribution in [2.45, 2.75) is 12.3 Å². The number of hydrogen-bond acceptors (Lipinski definition) is 0. The summed E-state index contributed by atoms with van der Waals surface area (Å²) in [6, 6.07) is 73.1. The van der Waals surface area contributed by atoms with Crippen molar-refractivity contribution in [2.24, 2.45) is 0 Å². The van der Waals surface area contributed by atoms with Gasteiger partial charge in [0.1, 0.15) is 0 Å². The number of nitrogens with zero attached hydrogens (tertiary/aromatic N) is 2. The minimum atomic E-state index is 0.327. The van der Waals surface area contributed by atoms with Crippen LogP contribution in [0.4, 0.5) is 0 Å². The van der Waals surface area contributed by atoms with Gasteiger partial charge in [0, 0.05) is 39.1 Å². The highest BCUT2D eigenvalue weighted by Crippen LogP contribution is 2.42. The van der Waals surface area contributed by atoms with Gasteiger partial charge in [0.2, 0.25) is 0 Å². The van der Waals surface area contributed by atoms with Crippen LogP contribution in [0.5, 0.6) is 0 Å². The summed E-state index contributed by atoms with van der Waals surface area (Å²) in [6.45, 7) is 0. The molecule has 8 aromatic carbocycles. The lowest BCUT2D eigenvalue weighted by Gasteiger charge is -2.20. The van der Waals surface area contributed by atoms with Crippen molar-refractivity contribution in [1.82, 2.24) is 9.13 Å². The number of rotatable bonds is 6. The fourth-order valence-corrected chi connectivity index (χ4v) is 8.97. The molecule has 0 amide bonds. The van der Waals surface area contributed by atoms with E-state index in [9.17, 15) is 0 Å². The van der Waals surface area contributed by atoms with Crippen molar-refractivity contribution in [3.05, 3.63) is 223 Å². The molecule has 2 heteroatoms. The Morgan fingerprint density at radius 3 is 1.32 bits per heavy atom. The molecule has 1 unspecified atom stereocenters. The highest BCUT2D eigenvalue weighted by Gasteiger charge is 2.25. The summed E-state index contributed by atoms with van der Waals surface area (Å²) in [4.78, 5) is 0. The molecule has 0 spiro atoms. The average Bonchev–Trinajstić information content (AvgIpc) is 3.79. The molecule has 1 aliphatic rings. The Morgan fingerprint density at radius 1 is 0.357 bits per heavy atom. The number of allylic oxidation sites excluding steroid dienone is 1. The quantitative estimate of drug-likeness (QED) is 0.162. The largest absolute Gasteiger partial charge is 0.310 e. The fourth-order valence-electron chi connectivity index (χ4n) is 8.97. The van der Waals surface area contributed by atoms with E-state index < -0.39 is 0 Å². The van der Waals surface area contributed by atoms with Crippen molar-refractivity contribution in [2.75, 3.05) is 0 Å². The summed E-state index contributed by atoms with van der Waals surface area (Å²) >= 11 is 0. The smallest absolute Gasteiger partial charge is 0.0541 e. The standard InChI is InChI=1S/C54H38N2/c1-5-14-37(15-6-1)41-24-28-51-47(32-41)48-33-42(38-16-7-2-8-17-38)25-29-52(48)55(51)45-22-13-23-46(36-45)56-53-30-26-43(39-18-9-3-10-19-39)34-49(53)50-35-44(27-31-54(50)56)40-20-11-4-12-21-40/h1-34,36,44H,35H2. The van der Waals surface area contributed by atoms with Crippen molar-refractivity contribution < 1.29 is 0 Å². The first-order chi connectivity index (χ1) is 27.8. The Bertz CT molecular complexity index is 2980. The van der Waals surface area contributed by atoms with E-state index in [1.165, 1.54) is 82.9 Å². The Kier molecular flexibility index (Phi) is 7.67. The Labute approximate surface area is 326 Å². The van der Waals surface area contributed by atoms with Gasteiger partial charge >= 0.3 is 0 Å². The van der Waals surface area contributed by atoms with E-state index in [2.05, 4.69) is 221 Å². The zero-order valence-corrected chi connectivity index (χ0v) is 30.9. The molecule has 0 bridgehead atoms. The second-order valence-electron chi connectivity index (χ2n) is 14.9. The van der Waals surface area contributed by atoms with E-state index >= 15 is 0 Å². The molecule has 2 heterocycles. The average molecular weight is 715 g/mol. The second-order valence-corrected chi connectivity index (χ2v) is 14.9. The molecule has 0 fully saturated rings. The first-order valence-electron chi connectivity index (χ1n) is 19.5. The zero-order valence-electron chi connectivity index (χ0n) is 30.9. The van der Waals surface area contributed by atoms with Crippen LogP contribution in [0, 0.1) is 0 Å². The summed E-state index contributed by atoms with van der Waals surface area (Å²) in [5, 5.41) is 3.81. The predicted molar refractivity (Wildman–Crippen MR) is 236 cm³/mol. The fraction of sp³-hybridized carbons (Fsp3) is 0.0370. The molecule has 1 aliphatic carbocycles. The zero-order chi connectivity index (χ0) is 37.0. The molecule has 0 aliphatic heterocycles. The summed E-state index contributed by atoms with van der Waals surface area (Å²) in [6.07, 6.45) is 5.72. The molecule has 56 heavy (non-hydrogen) atoms. The summed E-state index contributed by atoms with van der Waals surface area (Å²) in [5.74, 6) is 0.327. The molecule has 0 radical (unpaired) electrons. The SMILES string of the molecule is C1=CC(c2ccccc2)Cc2c1n(-c1cccc(-n3c4ccc(-c5ccccc5)cc4c4cc(-c5ccccc5)ccc43)c1)c1ccc(-c3ccccc3)cc21. The molecule has 0 saturated carbocycles. The molecule has 10 aromatic rings. The van der Waals surface area contributed by atoms with E-state index in [0.29, 0.717) is 5.92 Å². The van der Waals surface area contributed by atoms with Gasteiger partial charge in [-0.25, -0.2) is 0 Å². The van der Waals surface area contributed by atoms with Crippen LogP contribution in [-0.4, -0.2) is 9.13 Å². The van der Waals surface area contributed by atoms with Gasteiger partial charge in [-0.1, -0.05) is 152 Å². The summed E-state index contributed by atoms with van der Waals surface area (Å²) in [5.41, 5.74) is 17.3. The second kappa shape index (κ2) is 13.3. The third-order valence-corrected chi connectivity index (χ3v) is 11.7. The number of fused-ring (bicyclic) bond motifs is 6. The predicted octanol–water partition coefficient (Wildman–Crippen LogP) is 14.1. The minimum Gasteiger partial charge on any atom is -0.310 e. The molecule has 264 valence electrons. The monoisotopic (exact) mass is 714 g/mol. The Hall–Kier alpha value is -7.16. The van der Waals surface area contributed by atoms with E-state index in [1.807, 2.05) is 0 Å². The molecular formula is C54H38N2. The molecule has 2 nitrogen and oxygen atoms in total. The van der Waals surface area contributed by atoms with Crippen LogP contribution in [0.2, 0.25) is 0 Å². The van der Waals surface area contributed by atoms with E-state index in [-0.39, 0.29) is 0 Å². The topological polar surface area (TPSA) is 9.86 Å². The lowest BCUT2D eigenvalue weighted by atomic mass is 9.86. The normalized spacial score (nSPS) is 13.8. The van der Waals surface area contributed by atoms with E-state index in [0.717, 1.165) is 17.8 Å². The summed E-state index contributed by atoms with van der Waals surface area (Å²) < 4.78 is 4.93. The Morgan fingerprint density at radius 2 is 0.804 bits per heavy atom. The lowest BCUT2D eigenvalue weighted by molar-refractivity contribution is 0.825. The highest BCUT2D eigenvalue weighted by molar-refractivity contribution is 6.11. The van der Waals surface area contributed by atoms with Crippen LogP contribution in [0.15, 0.2) is 206 Å². The van der Waals surface area contributed by atoms with Gasteiger partial charge in [-0.3, -0.25) is 0 Å². The van der Waals surface area contributed by atoms with Crippen molar-refractivity contribution in [3.63, 3.8) is 0 Å². The van der Waals surface area contributed by atoms with Crippen molar-refractivity contribution >= 4 is 38.8 Å². The maximum absolute atomic E-state index is 2.48. The molecule has 1 atom stereocenters. The van der Waals surface area contributed by atoms with Crippen LogP contribution in [-0.2, 0) is 6.42 Å². The third-order valence-electron chi connectivity index (χ3n) is 11.7. The Balaban J connectivity index is 1.11. The first-order valence-corrected chi connectivity index (χ1v) is 19.5. The maximum Gasteiger partial charge on any atom is 0.0541 e. The number of hydrogen-bond donors (Lipinski definition) is 0. The number of benzene rings is 8. The van der Waals surface area contributed by atoms with Crippen molar-refractivity contribution in [3.8, 4) is 44.8 Å². The van der Waals surface area contributed by atoms with Crippen LogP contribution in [0.25, 0.3) is 83.5 Å². The van der Waals surface area contributed by atoms with Crippen LogP contribution >= 0.6 is 0 Å². The molecule has 2 aromatic heterocycles. The van der Waals surface area contributed by atoms with Crippen molar-refractivity contribution in [1.29, 1.82) is 0 Å². The van der Waals surface area contributed by atoms with Crippen LogP contribution < -0.4 is 0 Å². The van der Waals surface area contributed by atoms with Gasteiger partial charge in [0.25, 0.3) is 0 Å². The van der Waals surface area contributed by atoms with Gasteiger partial charge in [-0.2, -0.15) is 0 Å². The van der Waals surface area contributed by atoms with Gasteiger partial charge in [-0.15, -0.1) is 0 Å². The molecule has 0 N–H and O–H groups in total. The molecule has 11 rings (SSSR count). The summed E-state index contributed by atoms with van der Waals surface area (Å²) in [7, 11) is 0. The minimum absolute atomic E-state index is 0.327. The van der Waals surface area contributed by atoms with Gasteiger partial charge in [0.05, 0.1) is 16.6 Å².